The quantitative estimate of drug-likeness (QED) is 0.918. The van der Waals surface area contributed by atoms with Crippen molar-refractivity contribution in [2.75, 3.05) is 18.4 Å². The molecule has 1 N–H and O–H groups in total. The molecule has 1 aliphatic carbocycles. The molecular formula is C17H24N6. The fourth-order valence-electron chi connectivity index (χ4n) is 3.24. The number of benzene rings is 1. The molecule has 2 fully saturated rings. The average molecular weight is 312 g/mol. The molecule has 0 amide bonds. The van der Waals surface area contributed by atoms with Crippen LogP contribution < -0.4 is 5.32 Å². The van der Waals surface area contributed by atoms with Gasteiger partial charge in [0.1, 0.15) is 0 Å². The van der Waals surface area contributed by atoms with E-state index in [1.807, 2.05) is 4.68 Å². The van der Waals surface area contributed by atoms with Gasteiger partial charge in [-0.2, -0.15) is 0 Å². The number of anilines is 1. The number of aryl methyl sites for hydroxylation is 1. The van der Waals surface area contributed by atoms with E-state index < -0.39 is 0 Å². The average Bonchev–Trinajstić information content (AvgIpc) is 3.31. The molecule has 0 unspecified atom stereocenters. The predicted octanol–water partition coefficient (Wildman–Crippen LogP) is 2.39. The zero-order valence-electron chi connectivity index (χ0n) is 13.6. The number of nitrogens with one attached hydrogen (secondary N) is 1. The first-order valence-corrected chi connectivity index (χ1v) is 8.60. The first-order valence-electron chi connectivity index (χ1n) is 8.60. The molecule has 6 nitrogen and oxygen atoms in total. The third kappa shape index (κ3) is 3.52. The van der Waals surface area contributed by atoms with Gasteiger partial charge < -0.3 is 5.32 Å². The van der Waals surface area contributed by atoms with Gasteiger partial charge in [0.15, 0.2) is 5.82 Å². The topological polar surface area (TPSA) is 58.9 Å². The molecule has 6 heteroatoms. The summed E-state index contributed by atoms with van der Waals surface area (Å²) in [5.41, 5.74) is 2.53. The fraction of sp³-hybridized carbons (Fsp3) is 0.588. The third-order valence-corrected chi connectivity index (χ3v) is 4.83. The molecule has 2 heterocycles. The molecule has 2 aliphatic rings. The minimum atomic E-state index is 0.556. The van der Waals surface area contributed by atoms with Crippen LogP contribution in [-0.4, -0.2) is 44.2 Å². The van der Waals surface area contributed by atoms with Crippen molar-refractivity contribution in [1.29, 1.82) is 0 Å². The summed E-state index contributed by atoms with van der Waals surface area (Å²) in [6, 6.07) is 9.79. The molecule has 1 saturated heterocycles. The van der Waals surface area contributed by atoms with Crippen LogP contribution in [0.5, 0.6) is 0 Å². The molecule has 2 aromatic rings. The van der Waals surface area contributed by atoms with Crippen molar-refractivity contribution in [3.63, 3.8) is 0 Å². The number of rotatable bonds is 5. The van der Waals surface area contributed by atoms with Crippen molar-refractivity contribution < 1.29 is 0 Å². The number of nitrogens with zero attached hydrogens (tertiary/aromatic N) is 5. The van der Waals surface area contributed by atoms with Crippen molar-refractivity contribution in [2.24, 2.45) is 0 Å². The largest absolute Gasteiger partial charge is 0.382 e. The van der Waals surface area contributed by atoms with E-state index in [4.69, 9.17) is 0 Å². The normalized spacial score (nSPS) is 19.9. The SMILES string of the molecule is Cc1ccc(NC2CCN(Cc3nnnn3C3CC3)CC2)cc1. The van der Waals surface area contributed by atoms with E-state index in [0.29, 0.717) is 12.1 Å². The maximum absolute atomic E-state index is 4.21. The standard InChI is InChI=1S/C17H24N6/c1-13-2-4-14(5-3-13)18-15-8-10-22(11-9-15)12-17-19-20-21-23(17)16-6-7-16/h2-5,15-16,18H,6-12H2,1H3. The molecule has 23 heavy (non-hydrogen) atoms. The Hall–Kier alpha value is -1.95. The van der Waals surface area contributed by atoms with Crippen LogP contribution in [0.2, 0.25) is 0 Å². The Morgan fingerprint density at radius 2 is 1.83 bits per heavy atom. The molecule has 0 atom stereocenters. The smallest absolute Gasteiger partial charge is 0.165 e. The van der Waals surface area contributed by atoms with Gasteiger partial charge in [-0.05, 0) is 55.2 Å². The van der Waals surface area contributed by atoms with Gasteiger partial charge in [0, 0.05) is 24.8 Å². The third-order valence-electron chi connectivity index (χ3n) is 4.83. The summed E-state index contributed by atoms with van der Waals surface area (Å²) in [7, 11) is 0. The van der Waals surface area contributed by atoms with Crippen molar-refractivity contribution in [3.05, 3.63) is 35.7 Å². The molecule has 1 aromatic heterocycles. The molecule has 122 valence electrons. The number of piperidine rings is 1. The van der Waals surface area contributed by atoms with Crippen LogP contribution in [0, 0.1) is 6.92 Å². The second-order valence-corrected chi connectivity index (χ2v) is 6.83. The van der Waals surface area contributed by atoms with Crippen molar-refractivity contribution in [2.45, 2.75) is 51.2 Å². The van der Waals surface area contributed by atoms with E-state index in [1.54, 1.807) is 0 Å². The van der Waals surface area contributed by atoms with E-state index in [0.717, 1.165) is 25.5 Å². The van der Waals surface area contributed by atoms with Crippen LogP contribution in [0.15, 0.2) is 24.3 Å². The highest BCUT2D eigenvalue weighted by Crippen LogP contribution is 2.34. The number of aromatic nitrogens is 4. The summed E-state index contributed by atoms with van der Waals surface area (Å²) < 4.78 is 2.02. The minimum absolute atomic E-state index is 0.556. The summed E-state index contributed by atoms with van der Waals surface area (Å²) in [5.74, 6) is 1.03. The maximum Gasteiger partial charge on any atom is 0.165 e. The zero-order valence-corrected chi connectivity index (χ0v) is 13.6. The van der Waals surface area contributed by atoms with E-state index in [2.05, 4.69) is 56.9 Å². The first kappa shape index (κ1) is 14.6. The second-order valence-electron chi connectivity index (χ2n) is 6.83. The van der Waals surface area contributed by atoms with Crippen LogP contribution in [0.4, 0.5) is 5.69 Å². The molecule has 1 aromatic carbocycles. The number of tetrazole rings is 1. The van der Waals surface area contributed by atoms with Gasteiger partial charge in [-0.15, -0.1) is 5.10 Å². The predicted molar refractivity (Wildman–Crippen MR) is 89.2 cm³/mol. The number of likely N-dealkylation sites (tertiary alicyclic amines) is 1. The first-order chi connectivity index (χ1) is 11.3. The maximum atomic E-state index is 4.21. The summed E-state index contributed by atoms with van der Waals surface area (Å²) >= 11 is 0. The highest BCUT2D eigenvalue weighted by Gasteiger charge is 2.29. The van der Waals surface area contributed by atoms with Crippen LogP contribution in [-0.2, 0) is 6.54 Å². The van der Waals surface area contributed by atoms with Crippen LogP contribution in [0.1, 0.15) is 43.1 Å². The molecule has 0 bridgehead atoms. The number of hydrogen-bond donors (Lipinski definition) is 1. The van der Waals surface area contributed by atoms with Gasteiger partial charge >= 0.3 is 0 Å². The van der Waals surface area contributed by atoms with E-state index >= 15 is 0 Å². The monoisotopic (exact) mass is 312 g/mol. The molecule has 0 spiro atoms. The lowest BCUT2D eigenvalue weighted by atomic mass is 10.0. The lowest BCUT2D eigenvalue weighted by Gasteiger charge is -2.32. The Bertz CT molecular complexity index is 637. The summed E-state index contributed by atoms with van der Waals surface area (Å²) in [4.78, 5) is 2.47. The molecule has 1 saturated carbocycles. The highest BCUT2D eigenvalue weighted by molar-refractivity contribution is 5.45. The minimum Gasteiger partial charge on any atom is -0.382 e. The lowest BCUT2D eigenvalue weighted by Crippen LogP contribution is -2.39. The summed E-state index contributed by atoms with van der Waals surface area (Å²) in [5, 5.41) is 15.9. The van der Waals surface area contributed by atoms with Crippen LogP contribution in [0.3, 0.4) is 0 Å². The Morgan fingerprint density at radius 1 is 1.09 bits per heavy atom. The molecular weight excluding hydrogens is 288 g/mol. The van der Waals surface area contributed by atoms with Gasteiger partial charge in [-0.1, -0.05) is 17.7 Å². The van der Waals surface area contributed by atoms with E-state index in [1.165, 1.54) is 36.9 Å². The van der Waals surface area contributed by atoms with Gasteiger partial charge in [-0.25, -0.2) is 4.68 Å². The lowest BCUT2D eigenvalue weighted by molar-refractivity contribution is 0.203. The summed E-state index contributed by atoms with van der Waals surface area (Å²) in [6.07, 6.45) is 4.78. The van der Waals surface area contributed by atoms with Gasteiger partial charge in [0.25, 0.3) is 0 Å². The van der Waals surface area contributed by atoms with E-state index in [9.17, 15) is 0 Å². The molecule has 1 aliphatic heterocycles. The molecule has 4 rings (SSSR count). The summed E-state index contributed by atoms with van der Waals surface area (Å²) in [6.45, 7) is 5.19. The second kappa shape index (κ2) is 6.28. The van der Waals surface area contributed by atoms with Gasteiger partial charge in [0.05, 0.1) is 12.6 Å². The van der Waals surface area contributed by atoms with Crippen LogP contribution >= 0.6 is 0 Å². The Labute approximate surface area is 136 Å². The van der Waals surface area contributed by atoms with Gasteiger partial charge in [-0.3, -0.25) is 4.90 Å². The van der Waals surface area contributed by atoms with Gasteiger partial charge in [0.2, 0.25) is 0 Å². The Morgan fingerprint density at radius 3 is 2.52 bits per heavy atom. The Balaban J connectivity index is 1.29. The van der Waals surface area contributed by atoms with Crippen LogP contribution in [0.25, 0.3) is 0 Å². The van der Waals surface area contributed by atoms with Crippen molar-refractivity contribution >= 4 is 5.69 Å². The molecule has 0 radical (unpaired) electrons. The highest BCUT2D eigenvalue weighted by atomic mass is 15.6. The number of hydrogen-bond acceptors (Lipinski definition) is 5. The van der Waals surface area contributed by atoms with Crippen molar-refractivity contribution in [1.82, 2.24) is 25.1 Å². The Kier molecular flexibility index (Phi) is 3.99. The van der Waals surface area contributed by atoms with E-state index in [-0.39, 0.29) is 0 Å². The van der Waals surface area contributed by atoms with Crippen molar-refractivity contribution in [3.8, 4) is 0 Å². The zero-order chi connectivity index (χ0) is 15.6. The fourth-order valence-corrected chi connectivity index (χ4v) is 3.24.